The fourth-order valence-corrected chi connectivity index (χ4v) is 2.35. The van der Waals surface area contributed by atoms with E-state index in [2.05, 4.69) is 5.32 Å². The number of esters is 1. The van der Waals surface area contributed by atoms with Gasteiger partial charge in [-0.3, -0.25) is 4.79 Å². The second-order valence-corrected chi connectivity index (χ2v) is 6.31. The molecule has 0 bridgehead atoms. The molecule has 0 saturated carbocycles. The van der Waals surface area contributed by atoms with Crippen LogP contribution in [0.2, 0.25) is 0 Å². The summed E-state index contributed by atoms with van der Waals surface area (Å²) in [5.74, 6) is -0.114. The van der Waals surface area contributed by atoms with Gasteiger partial charge in [-0.25, -0.2) is 4.79 Å². The minimum absolute atomic E-state index is 0.184. The standard InChI is InChI=1S/C21H25NO4/c1-15-9-10-19(11-16(15)2)25-14-21(24)26-13-20(23)22-12-17(3)18-7-5-4-6-8-18/h4-11,17H,12-14H2,1-3H3,(H,22,23)/t17-/m0/s1. The van der Waals surface area contributed by atoms with Crippen LogP contribution in [0, 0.1) is 13.8 Å². The van der Waals surface area contributed by atoms with Gasteiger partial charge in [0.25, 0.3) is 5.91 Å². The Labute approximate surface area is 154 Å². The van der Waals surface area contributed by atoms with Crippen LogP contribution >= 0.6 is 0 Å². The summed E-state index contributed by atoms with van der Waals surface area (Å²) >= 11 is 0. The Morgan fingerprint density at radius 3 is 2.42 bits per heavy atom. The Morgan fingerprint density at radius 1 is 1.00 bits per heavy atom. The molecule has 2 aromatic carbocycles. The van der Waals surface area contributed by atoms with Gasteiger partial charge in [0.2, 0.25) is 0 Å². The SMILES string of the molecule is Cc1ccc(OCC(=O)OCC(=O)NC[C@H](C)c2ccccc2)cc1C. The predicted octanol–water partition coefficient (Wildman–Crippen LogP) is 3.15. The zero-order valence-corrected chi connectivity index (χ0v) is 15.5. The molecule has 0 aliphatic carbocycles. The molecule has 1 atom stereocenters. The molecular formula is C21H25NO4. The van der Waals surface area contributed by atoms with Gasteiger partial charge in [-0.1, -0.05) is 43.3 Å². The van der Waals surface area contributed by atoms with Crippen molar-refractivity contribution in [3.63, 3.8) is 0 Å². The molecule has 5 nitrogen and oxygen atoms in total. The average molecular weight is 355 g/mol. The van der Waals surface area contributed by atoms with Crippen LogP contribution in [0.1, 0.15) is 29.5 Å². The van der Waals surface area contributed by atoms with Gasteiger partial charge < -0.3 is 14.8 Å². The number of ether oxygens (including phenoxy) is 2. The molecule has 5 heteroatoms. The molecule has 26 heavy (non-hydrogen) atoms. The summed E-state index contributed by atoms with van der Waals surface area (Å²) in [6.07, 6.45) is 0. The van der Waals surface area contributed by atoms with Crippen LogP contribution in [0.5, 0.6) is 5.75 Å². The first-order chi connectivity index (χ1) is 12.5. The van der Waals surface area contributed by atoms with Crippen LogP contribution in [-0.2, 0) is 14.3 Å². The third-order valence-electron chi connectivity index (χ3n) is 4.17. The van der Waals surface area contributed by atoms with Gasteiger partial charge in [0.15, 0.2) is 13.2 Å². The van der Waals surface area contributed by atoms with Crippen LogP contribution in [0.15, 0.2) is 48.5 Å². The summed E-state index contributed by atoms with van der Waals surface area (Å²) in [5.41, 5.74) is 3.38. The lowest BCUT2D eigenvalue weighted by molar-refractivity contribution is -0.150. The van der Waals surface area contributed by atoms with Gasteiger partial charge in [0.1, 0.15) is 5.75 Å². The number of benzene rings is 2. The topological polar surface area (TPSA) is 64.6 Å². The van der Waals surface area contributed by atoms with Gasteiger partial charge in [0, 0.05) is 6.54 Å². The maximum Gasteiger partial charge on any atom is 0.344 e. The number of amides is 1. The van der Waals surface area contributed by atoms with Crippen LogP contribution in [0.4, 0.5) is 0 Å². The van der Waals surface area contributed by atoms with Crippen molar-refractivity contribution >= 4 is 11.9 Å². The minimum Gasteiger partial charge on any atom is -0.482 e. The average Bonchev–Trinajstić information content (AvgIpc) is 2.66. The lowest BCUT2D eigenvalue weighted by Crippen LogP contribution is -2.32. The summed E-state index contributed by atoms with van der Waals surface area (Å²) in [7, 11) is 0. The van der Waals surface area contributed by atoms with Crippen molar-refractivity contribution < 1.29 is 19.1 Å². The van der Waals surface area contributed by atoms with Crippen LogP contribution in [0.25, 0.3) is 0 Å². The Hall–Kier alpha value is -2.82. The minimum atomic E-state index is -0.575. The van der Waals surface area contributed by atoms with E-state index in [1.807, 2.05) is 63.2 Å². The molecule has 1 N–H and O–H groups in total. The van der Waals surface area contributed by atoms with Gasteiger partial charge in [-0.05, 0) is 48.6 Å². The van der Waals surface area contributed by atoms with Crippen LogP contribution < -0.4 is 10.1 Å². The van der Waals surface area contributed by atoms with E-state index in [4.69, 9.17) is 9.47 Å². The second-order valence-electron chi connectivity index (χ2n) is 6.31. The van der Waals surface area contributed by atoms with Crippen molar-refractivity contribution in [1.29, 1.82) is 0 Å². The zero-order valence-electron chi connectivity index (χ0n) is 15.5. The predicted molar refractivity (Wildman–Crippen MR) is 100 cm³/mol. The quantitative estimate of drug-likeness (QED) is 0.739. The molecule has 138 valence electrons. The van der Waals surface area contributed by atoms with Crippen molar-refractivity contribution in [3.8, 4) is 5.75 Å². The van der Waals surface area contributed by atoms with Crippen LogP contribution in [-0.4, -0.2) is 31.6 Å². The number of hydrogen-bond acceptors (Lipinski definition) is 4. The highest BCUT2D eigenvalue weighted by atomic mass is 16.6. The smallest absolute Gasteiger partial charge is 0.344 e. The molecule has 0 aromatic heterocycles. The van der Waals surface area contributed by atoms with E-state index < -0.39 is 5.97 Å². The molecule has 0 fully saturated rings. The monoisotopic (exact) mass is 355 g/mol. The van der Waals surface area contributed by atoms with Crippen molar-refractivity contribution in [2.75, 3.05) is 19.8 Å². The Bertz CT molecular complexity index is 743. The van der Waals surface area contributed by atoms with E-state index in [-0.39, 0.29) is 25.0 Å². The molecule has 0 unspecified atom stereocenters. The highest BCUT2D eigenvalue weighted by Gasteiger charge is 2.11. The highest BCUT2D eigenvalue weighted by molar-refractivity contribution is 5.80. The largest absolute Gasteiger partial charge is 0.482 e. The van der Waals surface area contributed by atoms with Gasteiger partial charge in [-0.2, -0.15) is 0 Å². The van der Waals surface area contributed by atoms with E-state index in [1.165, 1.54) is 0 Å². The van der Waals surface area contributed by atoms with Crippen molar-refractivity contribution in [1.82, 2.24) is 5.32 Å². The van der Waals surface area contributed by atoms with Crippen molar-refractivity contribution in [3.05, 3.63) is 65.2 Å². The molecule has 0 radical (unpaired) electrons. The maximum atomic E-state index is 11.8. The summed E-state index contributed by atoms with van der Waals surface area (Å²) in [5, 5.41) is 2.77. The van der Waals surface area contributed by atoms with Gasteiger partial charge in [-0.15, -0.1) is 0 Å². The number of carbonyl (C=O) groups excluding carboxylic acids is 2. The molecule has 0 heterocycles. The van der Waals surface area contributed by atoms with Crippen molar-refractivity contribution in [2.24, 2.45) is 0 Å². The lowest BCUT2D eigenvalue weighted by atomic mass is 10.0. The van der Waals surface area contributed by atoms with E-state index in [0.717, 1.165) is 16.7 Å². The van der Waals surface area contributed by atoms with E-state index >= 15 is 0 Å². The fraction of sp³-hybridized carbons (Fsp3) is 0.333. The van der Waals surface area contributed by atoms with Gasteiger partial charge in [0.05, 0.1) is 0 Å². The first-order valence-corrected chi connectivity index (χ1v) is 8.63. The number of aryl methyl sites for hydroxylation is 2. The second kappa shape index (κ2) is 9.61. The normalized spacial score (nSPS) is 11.5. The molecule has 0 spiro atoms. The van der Waals surface area contributed by atoms with Crippen molar-refractivity contribution in [2.45, 2.75) is 26.7 Å². The Kier molecular flexibility index (Phi) is 7.21. The maximum absolute atomic E-state index is 11.8. The molecule has 1 amide bonds. The van der Waals surface area contributed by atoms with E-state index in [1.54, 1.807) is 6.07 Å². The molecule has 0 saturated heterocycles. The Morgan fingerprint density at radius 2 is 1.73 bits per heavy atom. The first kappa shape index (κ1) is 19.5. The third-order valence-corrected chi connectivity index (χ3v) is 4.17. The molecule has 0 aliphatic heterocycles. The lowest BCUT2D eigenvalue weighted by Gasteiger charge is -2.13. The first-order valence-electron chi connectivity index (χ1n) is 8.63. The zero-order chi connectivity index (χ0) is 18.9. The summed E-state index contributed by atoms with van der Waals surface area (Å²) in [6.45, 7) is 5.96. The molecule has 0 aliphatic rings. The van der Waals surface area contributed by atoms with E-state index in [9.17, 15) is 9.59 Å². The molecule has 2 rings (SSSR count). The number of hydrogen-bond donors (Lipinski definition) is 1. The molecular weight excluding hydrogens is 330 g/mol. The summed E-state index contributed by atoms with van der Waals surface area (Å²) in [4.78, 5) is 23.5. The number of rotatable bonds is 8. The summed E-state index contributed by atoms with van der Waals surface area (Å²) < 4.78 is 10.3. The third kappa shape index (κ3) is 6.24. The summed E-state index contributed by atoms with van der Waals surface area (Å²) in [6, 6.07) is 15.5. The highest BCUT2D eigenvalue weighted by Crippen LogP contribution is 2.16. The van der Waals surface area contributed by atoms with Crippen LogP contribution in [0.3, 0.4) is 0 Å². The number of nitrogens with one attached hydrogen (secondary N) is 1. The van der Waals surface area contributed by atoms with Gasteiger partial charge >= 0.3 is 5.97 Å². The molecule has 2 aromatic rings. The Balaban J connectivity index is 1.66. The number of carbonyl (C=O) groups is 2. The van der Waals surface area contributed by atoms with E-state index in [0.29, 0.717) is 12.3 Å². The fourth-order valence-electron chi connectivity index (χ4n) is 2.35.